The van der Waals surface area contributed by atoms with Gasteiger partial charge in [0, 0.05) is 11.1 Å². The summed E-state index contributed by atoms with van der Waals surface area (Å²) in [6, 6.07) is 5.62. The predicted octanol–water partition coefficient (Wildman–Crippen LogP) is 3.12. The molecule has 2 heteroatoms. The van der Waals surface area contributed by atoms with Gasteiger partial charge in [-0.25, -0.2) is 4.79 Å². The molecular formula is C13H14O2. The van der Waals surface area contributed by atoms with Crippen molar-refractivity contribution in [3.63, 3.8) is 0 Å². The number of aryl methyl sites for hydroxylation is 1. The highest BCUT2D eigenvalue weighted by Gasteiger charge is 2.10. The predicted molar refractivity (Wildman–Crippen MR) is 61.7 cm³/mol. The highest BCUT2D eigenvalue weighted by molar-refractivity contribution is 5.89. The number of esters is 1. The lowest BCUT2D eigenvalue weighted by molar-refractivity contribution is -0.130. The third-order valence-corrected chi connectivity index (χ3v) is 2.01. The van der Waals surface area contributed by atoms with Crippen molar-refractivity contribution in [1.29, 1.82) is 0 Å². The zero-order chi connectivity index (χ0) is 11.4. The Morgan fingerprint density at radius 1 is 1.47 bits per heavy atom. The monoisotopic (exact) mass is 202 g/mol. The molecule has 0 aliphatic rings. The van der Waals surface area contributed by atoms with E-state index >= 15 is 0 Å². The summed E-state index contributed by atoms with van der Waals surface area (Å²) in [6.45, 7) is 10.7. The van der Waals surface area contributed by atoms with Crippen molar-refractivity contribution in [3.05, 3.63) is 48.1 Å². The van der Waals surface area contributed by atoms with Gasteiger partial charge in [-0.3, -0.25) is 0 Å². The van der Waals surface area contributed by atoms with E-state index in [0.717, 1.165) is 11.1 Å². The summed E-state index contributed by atoms with van der Waals surface area (Å²) in [5, 5.41) is 0. The van der Waals surface area contributed by atoms with Crippen LogP contribution in [0, 0.1) is 6.92 Å². The molecule has 1 aromatic rings. The molecule has 0 aromatic heterocycles. The molecule has 1 aromatic carbocycles. The van der Waals surface area contributed by atoms with Crippen LogP contribution in [0.25, 0.3) is 6.08 Å². The van der Waals surface area contributed by atoms with Gasteiger partial charge in [-0.15, -0.1) is 0 Å². The molecule has 1 rings (SSSR count). The lowest BCUT2D eigenvalue weighted by atomic mass is 10.1. The molecule has 0 radical (unpaired) electrons. The zero-order valence-corrected chi connectivity index (χ0v) is 9.04. The van der Waals surface area contributed by atoms with Gasteiger partial charge >= 0.3 is 5.97 Å². The van der Waals surface area contributed by atoms with Gasteiger partial charge in [0.1, 0.15) is 5.75 Å². The van der Waals surface area contributed by atoms with Crippen LogP contribution in [0.1, 0.15) is 18.1 Å². The summed E-state index contributed by atoms with van der Waals surface area (Å²) < 4.78 is 5.22. The van der Waals surface area contributed by atoms with Crippen molar-refractivity contribution < 1.29 is 9.53 Å². The van der Waals surface area contributed by atoms with Gasteiger partial charge < -0.3 is 4.74 Å². The first-order valence-electron chi connectivity index (χ1n) is 4.66. The van der Waals surface area contributed by atoms with Crippen LogP contribution >= 0.6 is 0 Å². The number of para-hydroxylation sites is 1. The average Bonchev–Trinajstić information content (AvgIpc) is 2.20. The first kappa shape index (κ1) is 11.2. The molecule has 0 heterocycles. The third kappa shape index (κ3) is 2.56. The Morgan fingerprint density at radius 3 is 2.67 bits per heavy atom. The lowest BCUT2D eigenvalue weighted by Gasteiger charge is -2.09. The molecule has 15 heavy (non-hydrogen) atoms. The number of hydrogen-bond acceptors (Lipinski definition) is 2. The summed E-state index contributed by atoms with van der Waals surface area (Å²) in [5.74, 6) is 0.146. The van der Waals surface area contributed by atoms with Crippen molar-refractivity contribution in [2.75, 3.05) is 0 Å². The summed E-state index contributed by atoms with van der Waals surface area (Å²) in [5.41, 5.74) is 2.10. The van der Waals surface area contributed by atoms with E-state index in [4.69, 9.17) is 4.74 Å². The number of benzene rings is 1. The quantitative estimate of drug-likeness (QED) is 0.427. The molecule has 0 N–H and O–H groups in total. The SMILES string of the molecule is C=Cc1cccc(C)c1OC(=O)C(=C)C. The second kappa shape index (κ2) is 4.60. The molecule has 2 nitrogen and oxygen atoms in total. The molecule has 0 atom stereocenters. The van der Waals surface area contributed by atoms with E-state index in [0.29, 0.717) is 11.3 Å². The maximum Gasteiger partial charge on any atom is 0.338 e. The number of carbonyl (C=O) groups is 1. The number of ether oxygens (including phenoxy) is 1. The fraction of sp³-hybridized carbons (Fsp3) is 0.154. The lowest BCUT2D eigenvalue weighted by Crippen LogP contribution is -2.10. The molecular weight excluding hydrogens is 188 g/mol. The van der Waals surface area contributed by atoms with Crippen LogP contribution in [0.2, 0.25) is 0 Å². The number of hydrogen-bond donors (Lipinski definition) is 0. The first-order valence-corrected chi connectivity index (χ1v) is 4.66. The molecule has 0 saturated carbocycles. The molecule has 0 bridgehead atoms. The molecule has 0 spiro atoms. The number of rotatable bonds is 3. The maximum absolute atomic E-state index is 11.4. The Kier molecular flexibility index (Phi) is 3.45. The van der Waals surface area contributed by atoms with Crippen LogP contribution in [0.5, 0.6) is 5.75 Å². The molecule has 0 unspecified atom stereocenters. The van der Waals surface area contributed by atoms with Gasteiger partial charge in [-0.1, -0.05) is 37.4 Å². The van der Waals surface area contributed by atoms with Crippen molar-refractivity contribution in [3.8, 4) is 5.75 Å². The smallest absolute Gasteiger partial charge is 0.338 e. The topological polar surface area (TPSA) is 26.3 Å². The molecule has 0 aliphatic heterocycles. The maximum atomic E-state index is 11.4. The van der Waals surface area contributed by atoms with Crippen molar-refractivity contribution in [2.45, 2.75) is 13.8 Å². The first-order chi connectivity index (χ1) is 7.06. The Labute approximate surface area is 89.9 Å². The summed E-state index contributed by atoms with van der Waals surface area (Å²) in [7, 11) is 0. The van der Waals surface area contributed by atoms with Crippen LogP contribution in [0.3, 0.4) is 0 Å². The Bertz CT molecular complexity index is 417. The second-order valence-electron chi connectivity index (χ2n) is 3.37. The fourth-order valence-electron chi connectivity index (χ4n) is 1.16. The molecule has 0 saturated heterocycles. The molecule has 78 valence electrons. The summed E-state index contributed by atoms with van der Waals surface area (Å²) in [6.07, 6.45) is 1.66. The molecule has 0 fully saturated rings. The normalized spacial score (nSPS) is 9.47. The van der Waals surface area contributed by atoms with Crippen molar-refractivity contribution >= 4 is 12.0 Å². The van der Waals surface area contributed by atoms with Crippen molar-refractivity contribution in [2.24, 2.45) is 0 Å². The molecule has 0 amide bonds. The van der Waals surface area contributed by atoms with E-state index in [9.17, 15) is 4.79 Å². The van der Waals surface area contributed by atoms with Crippen LogP contribution in [0.15, 0.2) is 36.9 Å². The van der Waals surface area contributed by atoms with E-state index < -0.39 is 5.97 Å². The van der Waals surface area contributed by atoms with Crippen LogP contribution < -0.4 is 4.74 Å². The van der Waals surface area contributed by atoms with E-state index in [1.54, 1.807) is 13.0 Å². The Morgan fingerprint density at radius 2 is 2.13 bits per heavy atom. The fourth-order valence-corrected chi connectivity index (χ4v) is 1.16. The van der Waals surface area contributed by atoms with Gasteiger partial charge in [0.25, 0.3) is 0 Å². The zero-order valence-electron chi connectivity index (χ0n) is 9.04. The Balaban J connectivity index is 3.07. The Hall–Kier alpha value is -1.83. The van der Waals surface area contributed by atoms with E-state index in [2.05, 4.69) is 13.2 Å². The van der Waals surface area contributed by atoms with Crippen LogP contribution in [-0.4, -0.2) is 5.97 Å². The second-order valence-corrected chi connectivity index (χ2v) is 3.37. The van der Waals surface area contributed by atoms with Gasteiger partial charge in [-0.05, 0) is 19.4 Å². The highest BCUT2D eigenvalue weighted by Crippen LogP contribution is 2.24. The van der Waals surface area contributed by atoms with Crippen LogP contribution in [-0.2, 0) is 4.79 Å². The van der Waals surface area contributed by atoms with E-state index in [1.807, 2.05) is 25.1 Å². The van der Waals surface area contributed by atoms with Gasteiger partial charge in [0.15, 0.2) is 0 Å². The van der Waals surface area contributed by atoms with Gasteiger partial charge in [0.2, 0.25) is 0 Å². The number of carbonyl (C=O) groups excluding carboxylic acids is 1. The highest BCUT2D eigenvalue weighted by atomic mass is 16.5. The van der Waals surface area contributed by atoms with E-state index in [-0.39, 0.29) is 0 Å². The van der Waals surface area contributed by atoms with Gasteiger partial charge in [0.05, 0.1) is 0 Å². The summed E-state index contributed by atoms with van der Waals surface area (Å²) in [4.78, 5) is 11.4. The standard InChI is InChI=1S/C13H14O2/c1-5-11-8-6-7-10(4)12(11)15-13(14)9(2)3/h5-8H,1-2H2,3-4H3. The minimum Gasteiger partial charge on any atom is -0.422 e. The van der Waals surface area contributed by atoms with Crippen LogP contribution in [0.4, 0.5) is 0 Å². The van der Waals surface area contributed by atoms with E-state index in [1.165, 1.54) is 0 Å². The minimum atomic E-state index is -0.410. The minimum absolute atomic E-state index is 0.383. The largest absolute Gasteiger partial charge is 0.422 e. The van der Waals surface area contributed by atoms with Gasteiger partial charge in [-0.2, -0.15) is 0 Å². The average molecular weight is 202 g/mol. The molecule has 0 aliphatic carbocycles. The summed E-state index contributed by atoms with van der Waals surface area (Å²) >= 11 is 0. The van der Waals surface area contributed by atoms with Crippen molar-refractivity contribution in [1.82, 2.24) is 0 Å². The third-order valence-electron chi connectivity index (χ3n) is 2.01.